The van der Waals surface area contributed by atoms with E-state index in [4.69, 9.17) is 9.47 Å². The van der Waals surface area contributed by atoms with Crippen molar-refractivity contribution in [1.82, 2.24) is 0 Å². The van der Waals surface area contributed by atoms with E-state index in [1.807, 2.05) is 13.0 Å². The summed E-state index contributed by atoms with van der Waals surface area (Å²) in [7, 11) is 0. The van der Waals surface area contributed by atoms with Crippen LogP contribution in [0, 0.1) is 34.5 Å². The third-order valence-corrected chi connectivity index (χ3v) is 8.66. The maximum atomic E-state index is 11.8. The van der Waals surface area contributed by atoms with E-state index in [2.05, 4.69) is 26.8 Å². The fourth-order valence-corrected chi connectivity index (χ4v) is 7.39. The first-order valence-corrected chi connectivity index (χ1v) is 9.86. The number of hydrogen-bond donors (Lipinski definition) is 3. The molecule has 0 aromatic heterocycles. The van der Waals surface area contributed by atoms with Gasteiger partial charge >= 0.3 is 0 Å². The lowest BCUT2D eigenvalue weighted by Crippen LogP contribution is -2.65. The molecule has 2 bridgehead atoms. The van der Waals surface area contributed by atoms with Crippen molar-refractivity contribution >= 4 is 0 Å². The van der Waals surface area contributed by atoms with E-state index < -0.39 is 29.3 Å². The molecule has 2 saturated carbocycles. The van der Waals surface area contributed by atoms with E-state index in [0.717, 1.165) is 17.6 Å². The molecule has 1 aliphatic heterocycles. The summed E-state index contributed by atoms with van der Waals surface area (Å²) in [5.74, 6) is 0.990. The van der Waals surface area contributed by atoms with Crippen LogP contribution in [0.1, 0.15) is 34.1 Å². The first kappa shape index (κ1) is 17.4. The Kier molecular flexibility index (Phi) is 3.35. The zero-order chi connectivity index (χ0) is 18.6. The Bertz CT molecular complexity index is 711. The molecular formula is C21H30O5. The molecule has 1 saturated heterocycles. The molecule has 3 fully saturated rings. The van der Waals surface area contributed by atoms with Crippen molar-refractivity contribution in [3.8, 4) is 0 Å². The van der Waals surface area contributed by atoms with E-state index >= 15 is 0 Å². The van der Waals surface area contributed by atoms with Crippen LogP contribution in [0.5, 0.6) is 0 Å². The lowest BCUT2D eigenvalue weighted by molar-refractivity contribution is -0.187. The number of aliphatic hydroxyl groups excluding tert-OH is 3. The Morgan fingerprint density at radius 1 is 1.27 bits per heavy atom. The van der Waals surface area contributed by atoms with Crippen molar-refractivity contribution in [2.75, 3.05) is 13.4 Å². The highest BCUT2D eigenvalue weighted by molar-refractivity contribution is 5.44. The molecule has 144 valence electrons. The van der Waals surface area contributed by atoms with Gasteiger partial charge in [-0.25, -0.2) is 0 Å². The summed E-state index contributed by atoms with van der Waals surface area (Å²) >= 11 is 0. The van der Waals surface area contributed by atoms with Crippen LogP contribution in [0.25, 0.3) is 0 Å². The highest BCUT2D eigenvalue weighted by Crippen LogP contribution is 2.73. The predicted octanol–water partition coefficient (Wildman–Crippen LogP) is 1.63. The molecule has 5 rings (SSSR count). The lowest BCUT2D eigenvalue weighted by atomic mass is 9.58. The molecule has 2 spiro atoms. The van der Waals surface area contributed by atoms with Gasteiger partial charge in [0.05, 0.1) is 18.1 Å². The van der Waals surface area contributed by atoms with Crippen molar-refractivity contribution < 1.29 is 24.8 Å². The molecular weight excluding hydrogens is 332 g/mol. The van der Waals surface area contributed by atoms with Gasteiger partial charge in [0, 0.05) is 5.92 Å². The minimum absolute atomic E-state index is 0.0638. The van der Waals surface area contributed by atoms with E-state index in [0.29, 0.717) is 11.8 Å². The van der Waals surface area contributed by atoms with Gasteiger partial charge in [0.2, 0.25) is 0 Å². The minimum Gasteiger partial charge on any atom is -0.392 e. The summed E-state index contributed by atoms with van der Waals surface area (Å²) in [5.41, 5.74) is -0.00671. The van der Waals surface area contributed by atoms with Crippen molar-refractivity contribution in [2.45, 2.75) is 58.0 Å². The summed E-state index contributed by atoms with van der Waals surface area (Å²) in [6.07, 6.45) is 3.08. The first-order valence-electron chi connectivity index (χ1n) is 9.86. The van der Waals surface area contributed by atoms with Gasteiger partial charge in [-0.3, -0.25) is 0 Å². The SMILES string of the molecule is CC1=CC23C(C)C[C@@H]4[C@H]([C@H](C=C(CO)[C@H]5OCO[C@]52[C@H]1O)C3O)C4(C)C. The number of aliphatic hydroxyl groups is 3. The average Bonchev–Trinajstić information content (AvgIpc) is 2.92. The minimum atomic E-state index is -1.06. The Hall–Kier alpha value is -0.720. The van der Waals surface area contributed by atoms with Crippen LogP contribution in [0.3, 0.4) is 0 Å². The maximum absolute atomic E-state index is 11.8. The smallest absolute Gasteiger partial charge is 0.148 e. The maximum Gasteiger partial charge on any atom is 0.148 e. The molecule has 0 aromatic rings. The second-order valence-electron chi connectivity index (χ2n) is 9.84. The second kappa shape index (κ2) is 5.00. The first-order chi connectivity index (χ1) is 12.2. The fourth-order valence-electron chi connectivity index (χ4n) is 7.39. The molecule has 0 amide bonds. The van der Waals surface area contributed by atoms with Gasteiger partial charge in [0.25, 0.3) is 0 Å². The van der Waals surface area contributed by atoms with E-state index in [1.165, 1.54) is 0 Å². The highest BCUT2D eigenvalue weighted by Gasteiger charge is 2.77. The Balaban J connectivity index is 1.78. The van der Waals surface area contributed by atoms with Crippen LogP contribution in [0.4, 0.5) is 0 Å². The molecule has 5 heteroatoms. The Morgan fingerprint density at radius 2 is 2.00 bits per heavy atom. The molecule has 0 aromatic carbocycles. The molecule has 5 aliphatic rings. The molecule has 0 radical (unpaired) electrons. The van der Waals surface area contributed by atoms with Crippen LogP contribution in [0.2, 0.25) is 0 Å². The van der Waals surface area contributed by atoms with Gasteiger partial charge in [0.15, 0.2) is 0 Å². The van der Waals surface area contributed by atoms with Gasteiger partial charge in [0.1, 0.15) is 24.6 Å². The monoisotopic (exact) mass is 362 g/mol. The number of hydrogen-bond acceptors (Lipinski definition) is 5. The Morgan fingerprint density at radius 3 is 2.69 bits per heavy atom. The summed E-state index contributed by atoms with van der Waals surface area (Å²) in [6.45, 7) is 8.59. The highest BCUT2D eigenvalue weighted by atomic mass is 16.7. The normalized spacial score (nSPS) is 56.5. The number of rotatable bonds is 1. The Labute approximate surface area is 154 Å². The van der Waals surface area contributed by atoms with Crippen molar-refractivity contribution in [1.29, 1.82) is 0 Å². The van der Waals surface area contributed by atoms with Crippen LogP contribution in [0.15, 0.2) is 23.3 Å². The van der Waals surface area contributed by atoms with E-state index in [9.17, 15) is 15.3 Å². The van der Waals surface area contributed by atoms with Gasteiger partial charge in [-0.1, -0.05) is 32.9 Å². The number of ether oxygens (including phenoxy) is 2. The van der Waals surface area contributed by atoms with Gasteiger partial charge in [-0.05, 0) is 47.7 Å². The summed E-state index contributed by atoms with van der Waals surface area (Å²) < 4.78 is 12.2. The quantitative estimate of drug-likeness (QED) is 0.618. The van der Waals surface area contributed by atoms with Crippen LogP contribution in [-0.4, -0.2) is 52.6 Å². The molecule has 26 heavy (non-hydrogen) atoms. The van der Waals surface area contributed by atoms with Gasteiger partial charge in [-0.15, -0.1) is 0 Å². The largest absolute Gasteiger partial charge is 0.392 e. The average molecular weight is 362 g/mol. The molecule has 4 aliphatic carbocycles. The third-order valence-electron chi connectivity index (χ3n) is 8.66. The molecule has 5 nitrogen and oxygen atoms in total. The van der Waals surface area contributed by atoms with Crippen LogP contribution < -0.4 is 0 Å². The summed E-state index contributed by atoms with van der Waals surface area (Å²) in [4.78, 5) is 0. The van der Waals surface area contributed by atoms with Crippen LogP contribution >= 0.6 is 0 Å². The summed E-state index contributed by atoms with van der Waals surface area (Å²) in [6, 6.07) is 0. The topological polar surface area (TPSA) is 79.2 Å². The van der Waals surface area contributed by atoms with Crippen molar-refractivity contribution in [2.24, 2.45) is 34.5 Å². The van der Waals surface area contributed by atoms with Crippen LogP contribution in [-0.2, 0) is 9.47 Å². The van der Waals surface area contributed by atoms with Gasteiger partial charge < -0.3 is 24.8 Å². The van der Waals surface area contributed by atoms with Crippen molar-refractivity contribution in [3.63, 3.8) is 0 Å². The molecule has 3 N–H and O–H groups in total. The third kappa shape index (κ3) is 1.63. The second-order valence-corrected chi connectivity index (χ2v) is 9.84. The standard InChI is InChI=1S/C21H30O5/c1-10-7-20-11(2)5-14-15(19(14,3)4)13(17(20)24)6-12(8-22)18-21(20,16(10)23)26-9-25-18/h6-7,11,13-18,22-24H,5,8-9H2,1-4H3/t11?,13-,14+,15-,16-,17?,18+,20?,21+/m0/s1. The van der Waals surface area contributed by atoms with Gasteiger partial charge in [-0.2, -0.15) is 0 Å². The zero-order valence-corrected chi connectivity index (χ0v) is 16.0. The van der Waals surface area contributed by atoms with Crippen molar-refractivity contribution in [3.05, 3.63) is 23.3 Å². The lowest BCUT2D eigenvalue weighted by Gasteiger charge is -2.51. The predicted molar refractivity (Wildman–Crippen MR) is 95.0 cm³/mol. The summed E-state index contributed by atoms with van der Waals surface area (Å²) in [5, 5.41) is 33.1. The van der Waals surface area contributed by atoms with E-state index in [1.54, 1.807) is 0 Å². The van der Waals surface area contributed by atoms with E-state index in [-0.39, 0.29) is 30.7 Å². The molecule has 3 unspecified atom stereocenters. The molecule has 9 atom stereocenters. The fraction of sp³-hybridized carbons (Fsp3) is 0.810. The number of fused-ring (bicyclic) bond motifs is 3. The zero-order valence-electron chi connectivity index (χ0n) is 16.0. The molecule has 1 heterocycles.